The van der Waals surface area contributed by atoms with E-state index in [2.05, 4.69) is 0 Å². The largest absolute Gasteiger partial charge is 0.497 e. The molecule has 31 heavy (non-hydrogen) atoms. The van der Waals surface area contributed by atoms with Crippen molar-refractivity contribution >= 4 is 15.7 Å². The van der Waals surface area contributed by atoms with Crippen molar-refractivity contribution in [3.8, 4) is 11.5 Å². The van der Waals surface area contributed by atoms with Crippen molar-refractivity contribution in [3.05, 3.63) is 54.1 Å². The van der Waals surface area contributed by atoms with Gasteiger partial charge in [0.2, 0.25) is 0 Å². The van der Waals surface area contributed by atoms with Crippen LogP contribution in [0.1, 0.15) is 24.8 Å². The van der Waals surface area contributed by atoms with Crippen LogP contribution in [0.2, 0.25) is 0 Å². The Labute approximate surface area is 182 Å². The molecule has 8 nitrogen and oxygen atoms in total. The zero-order valence-corrected chi connectivity index (χ0v) is 18.2. The Morgan fingerprint density at radius 2 is 1.68 bits per heavy atom. The molecule has 1 aliphatic heterocycles. The van der Waals surface area contributed by atoms with E-state index < -0.39 is 20.5 Å². The third-order valence-corrected chi connectivity index (χ3v) is 8.02. The van der Waals surface area contributed by atoms with Crippen molar-refractivity contribution in [2.24, 2.45) is 0 Å². The van der Waals surface area contributed by atoms with Crippen molar-refractivity contribution in [1.82, 2.24) is 5.48 Å². The van der Waals surface area contributed by atoms with E-state index in [-0.39, 0.29) is 31.0 Å². The summed E-state index contributed by atoms with van der Waals surface area (Å²) in [4.78, 5) is 12.3. The normalized spacial score (nSPS) is 15.8. The molecule has 2 aromatic carbocycles. The first-order valence-electron chi connectivity index (χ1n) is 10.1. The molecule has 3 rings (SSSR count). The van der Waals surface area contributed by atoms with Gasteiger partial charge >= 0.3 is 0 Å². The molecular weight excluding hydrogens is 422 g/mol. The number of carbonyl (C=O) groups is 1. The van der Waals surface area contributed by atoms with Crippen molar-refractivity contribution in [2.75, 3.05) is 26.9 Å². The predicted octanol–water partition coefficient (Wildman–Crippen LogP) is 2.54. The summed E-state index contributed by atoms with van der Waals surface area (Å²) < 4.78 is 40.7. The number of nitrogens with one attached hydrogen (secondary N) is 1. The number of aryl methyl sites for hydroxylation is 1. The molecule has 0 bridgehead atoms. The van der Waals surface area contributed by atoms with Crippen molar-refractivity contribution in [2.45, 2.75) is 35.3 Å². The van der Waals surface area contributed by atoms with Gasteiger partial charge in [0.05, 0.1) is 18.6 Å². The van der Waals surface area contributed by atoms with Crippen LogP contribution in [0.5, 0.6) is 11.5 Å². The van der Waals surface area contributed by atoms with Gasteiger partial charge in [0.25, 0.3) is 5.91 Å². The van der Waals surface area contributed by atoms with Gasteiger partial charge in [-0.1, -0.05) is 12.1 Å². The van der Waals surface area contributed by atoms with E-state index in [1.807, 2.05) is 24.3 Å². The Hall–Kier alpha value is -2.62. The van der Waals surface area contributed by atoms with Crippen LogP contribution in [0.4, 0.5) is 0 Å². The van der Waals surface area contributed by atoms with Crippen LogP contribution in [0, 0.1) is 0 Å². The van der Waals surface area contributed by atoms with E-state index in [4.69, 9.17) is 19.4 Å². The van der Waals surface area contributed by atoms with E-state index in [1.54, 1.807) is 19.2 Å². The highest BCUT2D eigenvalue weighted by Crippen LogP contribution is 2.35. The molecule has 2 aromatic rings. The maximum absolute atomic E-state index is 13.2. The Kier molecular flexibility index (Phi) is 7.53. The fourth-order valence-electron chi connectivity index (χ4n) is 3.62. The molecule has 0 atom stereocenters. The third-order valence-electron chi connectivity index (χ3n) is 5.50. The van der Waals surface area contributed by atoms with Crippen LogP contribution in [-0.2, 0) is 25.8 Å². The molecule has 1 aliphatic rings. The van der Waals surface area contributed by atoms with Crippen molar-refractivity contribution < 1.29 is 32.6 Å². The van der Waals surface area contributed by atoms with Crippen LogP contribution < -0.4 is 15.0 Å². The van der Waals surface area contributed by atoms with Crippen LogP contribution in [0.25, 0.3) is 0 Å². The van der Waals surface area contributed by atoms with Crippen LogP contribution >= 0.6 is 0 Å². The fraction of sp³-hybridized carbons (Fsp3) is 0.409. The van der Waals surface area contributed by atoms with Gasteiger partial charge < -0.3 is 14.2 Å². The highest BCUT2D eigenvalue weighted by atomic mass is 32.2. The zero-order valence-electron chi connectivity index (χ0n) is 17.4. The molecule has 9 heteroatoms. The minimum absolute atomic E-state index is 0.00332. The van der Waals surface area contributed by atoms with Gasteiger partial charge in [0.15, 0.2) is 14.6 Å². The molecule has 0 radical (unpaired) electrons. The molecule has 0 spiro atoms. The summed E-state index contributed by atoms with van der Waals surface area (Å²) >= 11 is 0. The summed E-state index contributed by atoms with van der Waals surface area (Å²) in [6, 6.07) is 13.8. The van der Waals surface area contributed by atoms with Gasteiger partial charge in [0, 0.05) is 13.2 Å². The molecule has 0 aliphatic carbocycles. The summed E-state index contributed by atoms with van der Waals surface area (Å²) in [6.45, 7) is 0.733. The Morgan fingerprint density at radius 3 is 2.26 bits per heavy atom. The van der Waals surface area contributed by atoms with Gasteiger partial charge in [-0.3, -0.25) is 10.0 Å². The molecule has 168 valence electrons. The lowest BCUT2D eigenvalue weighted by Crippen LogP contribution is -2.54. The highest BCUT2D eigenvalue weighted by molar-refractivity contribution is 7.93. The van der Waals surface area contributed by atoms with E-state index in [9.17, 15) is 13.2 Å². The van der Waals surface area contributed by atoms with E-state index >= 15 is 0 Å². The van der Waals surface area contributed by atoms with E-state index in [0.717, 1.165) is 18.6 Å². The second kappa shape index (κ2) is 10.1. The average molecular weight is 450 g/mol. The number of sulfone groups is 1. The van der Waals surface area contributed by atoms with E-state index in [1.165, 1.54) is 23.2 Å². The Bertz CT molecular complexity index is 966. The topological polar surface area (TPSA) is 111 Å². The summed E-state index contributed by atoms with van der Waals surface area (Å²) in [5, 5.41) is 9.10. The smallest absolute Gasteiger partial charge is 0.265 e. The van der Waals surface area contributed by atoms with E-state index in [0.29, 0.717) is 12.4 Å². The second-order valence-corrected chi connectivity index (χ2v) is 9.58. The lowest BCUT2D eigenvalue weighted by atomic mass is 9.98. The third kappa shape index (κ3) is 5.00. The predicted molar refractivity (Wildman–Crippen MR) is 113 cm³/mol. The Morgan fingerprint density at radius 1 is 1.06 bits per heavy atom. The minimum Gasteiger partial charge on any atom is -0.497 e. The average Bonchev–Trinajstić information content (AvgIpc) is 2.82. The number of hydroxylamine groups is 1. The van der Waals surface area contributed by atoms with Crippen LogP contribution in [0.3, 0.4) is 0 Å². The summed E-state index contributed by atoms with van der Waals surface area (Å²) in [7, 11) is -2.41. The zero-order chi connectivity index (χ0) is 22.3. The maximum Gasteiger partial charge on any atom is 0.265 e. The van der Waals surface area contributed by atoms with Gasteiger partial charge in [-0.05, 0) is 67.6 Å². The van der Waals surface area contributed by atoms with Crippen molar-refractivity contribution in [3.63, 3.8) is 0 Å². The first-order chi connectivity index (χ1) is 14.9. The summed E-state index contributed by atoms with van der Waals surface area (Å²) in [6.07, 6.45) is 1.60. The number of hydrogen-bond acceptors (Lipinski definition) is 7. The minimum atomic E-state index is -4.04. The van der Waals surface area contributed by atoms with Crippen LogP contribution in [0.15, 0.2) is 53.4 Å². The SMILES string of the molecule is COc1ccc(CCCOc2ccc(S(=O)(=O)C3(C(=O)NO)CCOCC3)cc2)cc1. The van der Waals surface area contributed by atoms with Crippen LogP contribution in [-0.4, -0.2) is 51.2 Å². The lowest BCUT2D eigenvalue weighted by Gasteiger charge is -2.34. The fourth-order valence-corrected chi connectivity index (χ4v) is 5.56. The standard InChI is InChI=1S/C22H27NO7S/c1-28-18-6-4-17(5-7-18)3-2-14-30-19-8-10-20(11-9-19)31(26,27)22(21(24)23-25)12-15-29-16-13-22/h4-11,25H,2-3,12-16H2,1H3,(H,23,24). The molecule has 0 aromatic heterocycles. The molecule has 1 heterocycles. The molecule has 1 amide bonds. The van der Waals surface area contributed by atoms with Gasteiger partial charge in [-0.25, -0.2) is 13.9 Å². The summed E-state index contributed by atoms with van der Waals surface area (Å²) in [5.41, 5.74) is 2.69. The first-order valence-corrected chi connectivity index (χ1v) is 11.5. The first kappa shape index (κ1) is 23.1. The molecule has 0 unspecified atom stereocenters. The monoisotopic (exact) mass is 449 g/mol. The molecular formula is C22H27NO7S. The number of hydrogen-bond donors (Lipinski definition) is 2. The molecule has 1 fully saturated rings. The number of amides is 1. The number of benzene rings is 2. The quantitative estimate of drug-likeness (QED) is 0.344. The maximum atomic E-state index is 13.2. The summed E-state index contributed by atoms with van der Waals surface area (Å²) in [5.74, 6) is 0.421. The van der Waals surface area contributed by atoms with Gasteiger partial charge in [-0.2, -0.15) is 0 Å². The number of ether oxygens (including phenoxy) is 3. The lowest BCUT2D eigenvalue weighted by molar-refractivity contribution is -0.134. The number of carbonyl (C=O) groups excluding carboxylic acids is 1. The van der Waals surface area contributed by atoms with Gasteiger partial charge in [-0.15, -0.1) is 0 Å². The highest BCUT2D eigenvalue weighted by Gasteiger charge is 2.52. The van der Waals surface area contributed by atoms with Crippen molar-refractivity contribution in [1.29, 1.82) is 0 Å². The second-order valence-electron chi connectivity index (χ2n) is 7.32. The van der Waals surface area contributed by atoms with Gasteiger partial charge in [0.1, 0.15) is 11.5 Å². The molecule has 1 saturated heterocycles. The molecule has 2 N–H and O–H groups in total. The number of methoxy groups -OCH3 is 1. The molecule has 0 saturated carbocycles. The number of rotatable bonds is 9. The Balaban J connectivity index is 1.61.